The van der Waals surface area contributed by atoms with Crippen LogP contribution in [0.5, 0.6) is 0 Å². The second kappa shape index (κ2) is 3.32. The van der Waals surface area contributed by atoms with E-state index in [1.807, 2.05) is 23.9 Å². The van der Waals surface area contributed by atoms with Gasteiger partial charge in [-0.2, -0.15) is 5.10 Å². The van der Waals surface area contributed by atoms with Gasteiger partial charge in [-0.1, -0.05) is 6.92 Å². The minimum atomic E-state index is 0.137. The molecule has 0 atom stereocenters. The summed E-state index contributed by atoms with van der Waals surface area (Å²) in [5.41, 5.74) is 0.620. The molecule has 1 heterocycles. The summed E-state index contributed by atoms with van der Waals surface area (Å²) in [4.78, 5) is 11.3. The molecule has 0 amide bonds. The van der Waals surface area contributed by atoms with E-state index in [9.17, 15) is 4.79 Å². The standard InChI is InChI=1S/C10H14N2O/c1-2-10(13)9-6-7-12(11-9)8-4-3-5-8/h6-8H,2-5H2,1H3. The van der Waals surface area contributed by atoms with Crippen LogP contribution in [-0.4, -0.2) is 15.6 Å². The van der Waals surface area contributed by atoms with Gasteiger partial charge in [0.1, 0.15) is 5.69 Å². The Morgan fingerprint density at radius 2 is 2.46 bits per heavy atom. The first-order valence-electron chi connectivity index (χ1n) is 4.89. The van der Waals surface area contributed by atoms with E-state index in [4.69, 9.17) is 0 Å². The van der Waals surface area contributed by atoms with Gasteiger partial charge in [-0.05, 0) is 25.3 Å². The van der Waals surface area contributed by atoms with Gasteiger partial charge in [0.15, 0.2) is 5.78 Å². The first-order valence-corrected chi connectivity index (χ1v) is 4.89. The highest BCUT2D eigenvalue weighted by Gasteiger charge is 2.20. The molecule has 70 valence electrons. The average Bonchev–Trinajstić information content (AvgIpc) is 2.49. The normalized spacial score (nSPS) is 17.0. The maximum atomic E-state index is 11.3. The van der Waals surface area contributed by atoms with Crippen molar-refractivity contribution in [3.8, 4) is 0 Å². The number of aromatic nitrogens is 2. The zero-order valence-corrected chi connectivity index (χ0v) is 7.86. The summed E-state index contributed by atoms with van der Waals surface area (Å²) in [6.07, 6.45) is 6.18. The molecular weight excluding hydrogens is 164 g/mol. The lowest BCUT2D eigenvalue weighted by Crippen LogP contribution is -2.17. The first kappa shape index (κ1) is 8.48. The molecule has 1 saturated carbocycles. The molecule has 1 aliphatic carbocycles. The number of Topliss-reactive ketones (excluding diaryl/α,β-unsaturated/α-hetero) is 1. The van der Waals surface area contributed by atoms with Crippen molar-refractivity contribution < 1.29 is 4.79 Å². The van der Waals surface area contributed by atoms with Crippen LogP contribution >= 0.6 is 0 Å². The van der Waals surface area contributed by atoms with Gasteiger partial charge in [-0.3, -0.25) is 9.48 Å². The van der Waals surface area contributed by atoms with Crippen LogP contribution in [0.25, 0.3) is 0 Å². The van der Waals surface area contributed by atoms with Crippen LogP contribution in [-0.2, 0) is 0 Å². The van der Waals surface area contributed by atoms with Crippen molar-refractivity contribution in [2.24, 2.45) is 0 Å². The fraction of sp³-hybridized carbons (Fsp3) is 0.600. The molecule has 0 bridgehead atoms. The van der Waals surface area contributed by atoms with Crippen LogP contribution in [0.1, 0.15) is 49.1 Å². The molecule has 0 N–H and O–H groups in total. The van der Waals surface area contributed by atoms with Crippen molar-refractivity contribution >= 4 is 5.78 Å². The molecule has 1 aromatic rings. The van der Waals surface area contributed by atoms with E-state index in [2.05, 4.69) is 5.10 Å². The number of nitrogens with zero attached hydrogens (tertiary/aromatic N) is 2. The molecular formula is C10H14N2O. The van der Waals surface area contributed by atoms with Crippen LogP contribution in [0.2, 0.25) is 0 Å². The zero-order valence-electron chi connectivity index (χ0n) is 7.86. The molecule has 2 rings (SSSR count). The van der Waals surface area contributed by atoms with Crippen molar-refractivity contribution in [2.75, 3.05) is 0 Å². The number of ketones is 1. The van der Waals surface area contributed by atoms with E-state index in [1.165, 1.54) is 19.3 Å². The number of rotatable bonds is 3. The highest BCUT2D eigenvalue weighted by atomic mass is 16.1. The van der Waals surface area contributed by atoms with Gasteiger partial charge in [0, 0.05) is 12.6 Å². The second-order valence-electron chi connectivity index (χ2n) is 3.54. The predicted molar refractivity (Wildman–Crippen MR) is 49.7 cm³/mol. The summed E-state index contributed by atoms with van der Waals surface area (Å²) in [6, 6.07) is 2.38. The van der Waals surface area contributed by atoms with Crippen molar-refractivity contribution in [2.45, 2.75) is 38.6 Å². The molecule has 0 radical (unpaired) electrons. The van der Waals surface area contributed by atoms with E-state index in [0.29, 0.717) is 18.2 Å². The Balaban J connectivity index is 2.12. The van der Waals surface area contributed by atoms with Crippen molar-refractivity contribution in [1.82, 2.24) is 9.78 Å². The van der Waals surface area contributed by atoms with Crippen molar-refractivity contribution in [3.63, 3.8) is 0 Å². The SMILES string of the molecule is CCC(=O)c1ccn(C2CCC2)n1. The van der Waals surface area contributed by atoms with Gasteiger partial charge in [0.2, 0.25) is 0 Å². The number of hydrogen-bond donors (Lipinski definition) is 0. The van der Waals surface area contributed by atoms with Gasteiger partial charge in [-0.15, -0.1) is 0 Å². The largest absolute Gasteiger partial charge is 0.292 e. The third kappa shape index (κ3) is 1.50. The van der Waals surface area contributed by atoms with Gasteiger partial charge < -0.3 is 0 Å². The van der Waals surface area contributed by atoms with Gasteiger partial charge >= 0.3 is 0 Å². The maximum absolute atomic E-state index is 11.3. The monoisotopic (exact) mass is 178 g/mol. The molecule has 1 aromatic heterocycles. The van der Waals surface area contributed by atoms with Crippen LogP contribution in [0.15, 0.2) is 12.3 Å². The molecule has 1 fully saturated rings. The van der Waals surface area contributed by atoms with Crippen molar-refractivity contribution in [3.05, 3.63) is 18.0 Å². The van der Waals surface area contributed by atoms with Crippen molar-refractivity contribution in [1.29, 1.82) is 0 Å². The molecule has 3 heteroatoms. The van der Waals surface area contributed by atoms with Gasteiger partial charge in [-0.25, -0.2) is 0 Å². The maximum Gasteiger partial charge on any atom is 0.182 e. The summed E-state index contributed by atoms with van der Waals surface area (Å²) < 4.78 is 1.94. The average molecular weight is 178 g/mol. The first-order chi connectivity index (χ1) is 6.31. The smallest absolute Gasteiger partial charge is 0.182 e. The van der Waals surface area contributed by atoms with Crippen LogP contribution in [0.4, 0.5) is 0 Å². The van der Waals surface area contributed by atoms with Gasteiger partial charge in [0.25, 0.3) is 0 Å². The topological polar surface area (TPSA) is 34.9 Å². The van der Waals surface area contributed by atoms with Gasteiger partial charge in [0.05, 0.1) is 6.04 Å². The lowest BCUT2D eigenvalue weighted by Gasteiger charge is -2.25. The highest BCUT2D eigenvalue weighted by Crippen LogP contribution is 2.30. The fourth-order valence-electron chi connectivity index (χ4n) is 1.52. The van der Waals surface area contributed by atoms with Crippen LogP contribution in [0.3, 0.4) is 0 Å². The third-order valence-corrected chi connectivity index (χ3v) is 2.66. The van der Waals surface area contributed by atoms with E-state index >= 15 is 0 Å². The Morgan fingerprint density at radius 3 is 3.00 bits per heavy atom. The Morgan fingerprint density at radius 1 is 1.69 bits per heavy atom. The minimum Gasteiger partial charge on any atom is -0.292 e. The number of carbonyl (C=O) groups is 1. The van der Waals surface area contributed by atoms with E-state index in [-0.39, 0.29) is 5.78 Å². The fourth-order valence-corrected chi connectivity index (χ4v) is 1.52. The summed E-state index contributed by atoms with van der Waals surface area (Å²) in [5.74, 6) is 0.137. The molecule has 0 aliphatic heterocycles. The van der Waals surface area contributed by atoms with Crippen LogP contribution < -0.4 is 0 Å². The highest BCUT2D eigenvalue weighted by molar-refractivity contribution is 5.93. The molecule has 0 aromatic carbocycles. The number of hydrogen-bond acceptors (Lipinski definition) is 2. The summed E-state index contributed by atoms with van der Waals surface area (Å²) >= 11 is 0. The van der Waals surface area contributed by atoms with Crippen LogP contribution in [0, 0.1) is 0 Å². The lowest BCUT2D eigenvalue weighted by molar-refractivity contribution is 0.0981. The molecule has 1 aliphatic rings. The van der Waals surface area contributed by atoms with E-state index in [0.717, 1.165) is 0 Å². The Bertz CT molecular complexity index is 312. The lowest BCUT2D eigenvalue weighted by atomic mass is 9.93. The summed E-state index contributed by atoms with van der Waals surface area (Å²) in [7, 11) is 0. The minimum absolute atomic E-state index is 0.137. The Labute approximate surface area is 77.7 Å². The van der Waals surface area contributed by atoms with E-state index in [1.54, 1.807) is 0 Å². The molecule has 0 unspecified atom stereocenters. The molecule has 0 saturated heterocycles. The predicted octanol–water partition coefficient (Wildman–Crippen LogP) is 2.20. The molecule has 3 nitrogen and oxygen atoms in total. The zero-order chi connectivity index (χ0) is 9.26. The Kier molecular flexibility index (Phi) is 2.17. The molecule has 0 spiro atoms. The van der Waals surface area contributed by atoms with E-state index < -0.39 is 0 Å². The summed E-state index contributed by atoms with van der Waals surface area (Å²) in [6.45, 7) is 1.87. The second-order valence-corrected chi connectivity index (χ2v) is 3.54. The Hall–Kier alpha value is -1.12. The quantitative estimate of drug-likeness (QED) is 0.665. The molecule has 13 heavy (non-hydrogen) atoms. The number of carbonyl (C=O) groups excluding carboxylic acids is 1. The third-order valence-electron chi connectivity index (χ3n) is 2.66. The summed E-state index contributed by atoms with van der Waals surface area (Å²) in [5, 5.41) is 4.27.